The topological polar surface area (TPSA) is 98.1 Å². The van der Waals surface area contributed by atoms with Gasteiger partial charge >= 0.3 is 11.9 Å². The lowest BCUT2D eigenvalue weighted by molar-refractivity contribution is -0.159. The maximum Gasteiger partial charge on any atom is 0.414 e. The van der Waals surface area contributed by atoms with E-state index in [-0.39, 0.29) is 6.10 Å². The summed E-state index contributed by atoms with van der Waals surface area (Å²) in [7, 11) is 0. The van der Waals surface area contributed by atoms with Gasteiger partial charge in [0.25, 0.3) is 0 Å². The Morgan fingerprint density at radius 2 is 1.77 bits per heavy atom. The molecule has 1 fully saturated rings. The monoisotopic (exact) mass is 309 g/mol. The summed E-state index contributed by atoms with van der Waals surface area (Å²) in [6, 6.07) is 10.6. The summed E-state index contributed by atoms with van der Waals surface area (Å²) in [6.07, 6.45) is 3.52. The van der Waals surface area contributed by atoms with Crippen LogP contribution in [0, 0.1) is 0 Å². The minimum atomic E-state index is -1.82. The summed E-state index contributed by atoms with van der Waals surface area (Å²) in [5, 5.41) is 24.9. The molecule has 3 N–H and O–H groups in total. The summed E-state index contributed by atoms with van der Waals surface area (Å²) < 4.78 is 0. The molecule has 1 aliphatic heterocycles. The second kappa shape index (κ2) is 9.17. The van der Waals surface area contributed by atoms with Crippen LogP contribution in [0.2, 0.25) is 0 Å². The highest BCUT2D eigenvalue weighted by Gasteiger charge is 2.21. The van der Waals surface area contributed by atoms with Gasteiger partial charge in [-0.25, -0.2) is 9.59 Å². The van der Waals surface area contributed by atoms with Crippen LogP contribution in [0.5, 0.6) is 0 Å². The van der Waals surface area contributed by atoms with Crippen LogP contribution < -0.4 is 0 Å². The van der Waals surface area contributed by atoms with E-state index in [0.717, 1.165) is 18.7 Å². The molecule has 1 aromatic carbocycles. The second-order valence-electron chi connectivity index (χ2n) is 5.38. The number of aliphatic hydroxyl groups excluding tert-OH is 1. The molecule has 0 amide bonds. The van der Waals surface area contributed by atoms with E-state index in [4.69, 9.17) is 19.8 Å². The number of aliphatic hydroxyl groups is 1. The number of benzene rings is 1. The van der Waals surface area contributed by atoms with E-state index < -0.39 is 11.9 Å². The van der Waals surface area contributed by atoms with Gasteiger partial charge in [-0.05, 0) is 31.9 Å². The van der Waals surface area contributed by atoms with Crippen molar-refractivity contribution in [3.05, 3.63) is 35.9 Å². The van der Waals surface area contributed by atoms with Gasteiger partial charge in [-0.1, -0.05) is 36.8 Å². The van der Waals surface area contributed by atoms with Crippen molar-refractivity contribution in [3.8, 4) is 0 Å². The van der Waals surface area contributed by atoms with Crippen LogP contribution in [0.4, 0.5) is 0 Å². The van der Waals surface area contributed by atoms with Gasteiger partial charge in [0, 0.05) is 12.6 Å². The van der Waals surface area contributed by atoms with Crippen molar-refractivity contribution in [2.75, 3.05) is 13.1 Å². The Balaban J connectivity index is 0.000000346. The predicted molar refractivity (Wildman–Crippen MR) is 81.6 cm³/mol. The van der Waals surface area contributed by atoms with Crippen molar-refractivity contribution in [2.45, 2.75) is 38.3 Å². The normalized spacial score (nSPS) is 19.6. The number of piperidine rings is 1. The first-order chi connectivity index (χ1) is 10.4. The van der Waals surface area contributed by atoms with Gasteiger partial charge in [-0.15, -0.1) is 0 Å². The summed E-state index contributed by atoms with van der Waals surface area (Å²) in [6.45, 7) is 4.16. The summed E-state index contributed by atoms with van der Waals surface area (Å²) in [5.74, 6) is -3.65. The van der Waals surface area contributed by atoms with E-state index in [1.807, 2.05) is 30.3 Å². The molecule has 0 spiro atoms. The van der Waals surface area contributed by atoms with E-state index >= 15 is 0 Å². The van der Waals surface area contributed by atoms with Crippen molar-refractivity contribution < 1.29 is 24.9 Å². The van der Waals surface area contributed by atoms with Crippen molar-refractivity contribution >= 4 is 11.9 Å². The molecule has 0 aliphatic carbocycles. The standard InChI is InChI=1S/C14H21NO.C2H2O4/c1-12-7-5-6-10-15(12)11-14(16)13-8-3-2-4-9-13;3-1(4)2(5)6/h2-4,8-9,12,14,16H,5-7,10-11H2,1H3;(H,3,4)(H,5,6). The van der Waals surface area contributed by atoms with Gasteiger partial charge in [0.2, 0.25) is 0 Å². The third kappa shape index (κ3) is 6.24. The third-order valence-corrected chi connectivity index (χ3v) is 3.72. The first kappa shape index (κ1) is 18.1. The maximum absolute atomic E-state index is 10.1. The Labute approximate surface area is 130 Å². The molecule has 22 heavy (non-hydrogen) atoms. The molecule has 0 aromatic heterocycles. The molecule has 1 saturated heterocycles. The molecular weight excluding hydrogens is 286 g/mol. The molecule has 122 valence electrons. The molecule has 2 unspecified atom stereocenters. The van der Waals surface area contributed by atoms with Crippen LogP contribution in [0.1, 0.15) is 37.9 Å². The first-order valence-corrected chi connectivity index (χ1v) is 7.35. The molecule has 1 aromatic rings. The highest BCUT2D eigenvalue weighted by molar-refractivity contribution is 6.27. The highest BCUT2D eigenvalue weighted by Crippen LogP contribution is 2.20. The van der Waals surface area contributed by atoms with Gasteiger partial charge in [0.05, 0.1) is 6.10 Å². The molecule has 6 heteroatoms. The first-order valence-electron chi connectivity index (χ1n) is 7.35. The lowest BCUT2D eigenvalue weighted by Gasteiger charge is -2.34. The number of nitrogens with zero attached hydrogens (tertiary/aromatic N) is 1. The van der Waals surface area contributed by atoms with E-state index in [1.165, 1.54) is 19.3 Å². The zero-order valence-electron chi connectivity index (χ0n) is 12.7. The number of hydrogen-bond acceptors (Lipinski definition) is 4. The Bertz CT molecular complexity index is 465. The van der Waals surface area contributed by atoms with E-state index in [9.17, 15) is 5.11 Å². The Hall–Kier alpha value is -1.92. The number of carbonyl (C=O) groups is 2. The summed E-state index contributed by atoms with van der Waals surface area (Å²) >= 11 is 0. The third-order valence-electron chi connectivity index (χ3n) is 3.72. The molecule has 2 rings (SSSR count). The van der Waals surface area contributed by atoms with Crippen LogP contribution in [0.25, 0.3) is 0 Å². The minimum absolute atomic E-state index is 0.346. The van der Waals surface area contributed by atoms with E-state index in [2.05, 4.69) is 11.8 Å². The molecule has 0 saturated carbocycles. The number of carboxylic acids is 2. The lowest BCUT2D eigenvalue weighted by atomic mass is 10.0. The van der Waals surface area contributed by atoms with Crippen LogP contribution in [0.15, 0.2) is 30.3 Å². The molecule has 0 radical (unpaired) electrons. The zero-order valence-corrected chi connectivity index (χ0v) is 12.7. The summed E-state index contributed by atoms with van der Waals surface area (Å²) in [5.41, 5.74) is 1.03. The zero-order chi connectivity index (χ0) is 16.5. The minimum Gasteiger partial charge on any atom is -0.473 e. The molecule has 6 nitrogen and oxygen atoms in total. The van der Waals surface area contributed by atoms with Crippen molar-refractivity contribution in [1.29, 1.82) is 0 Å². The van der Waals surface area contributed by atoms with Crippen LogP contribution in [-0.4, -0.2) is 51.3 Å². The number of β-amino-alcohol motifs (C(OH)–C–C–N with tert-alkyl or cyclic N) is 1. The number of rotatable bonds is 3. The van der Waals surface area contributed by atoms with Gasteiger partial charge in [-0.2, -0.15) is 0 Å². The Morgan fingerprint density at radius 3 is 2.27 bits per heavy atom. The maximum atomic E-state index is 10.1. The molecular formula is C16H23NO5. The molecule has 1 aliphatic rings. The average molecular weight is 309 g/mol. The smallest absolute Gasteiger partial charge is 0.414 e. The second-order valence-corrected chi connectivity index (χ2v) is 5.38. The predicted octanol–water partition coefficient (Wildman–Crippen LogP) is 1.75. The lowest BCUT2D eigenvalue weighted by Crippen LogP contribution is -2.40. The Kier molecular flexibility index (Phi) is 7.56. The molecule has 1 heterocycles. The van der Waals surface area contributed by atoms with Gasteiger partial charge in [0.15, 0.2) is 0 Å². The number of aliphatic carboxylic acids is 2. The van der Waals surface area contributed by atoms with Crippen LogP contribution in [-0.2, 0) is 9.59 Å². The largest absolute Gasteiger partial charge is 0.473 e. The number of carboxylic acid groups (broad SMARTS) is 2. The van der Waals surface area contributed by atoms with Crippen LogP contribution >= 0.6 is 0 Å². The van der Waals surface area contributed by atoms with Gasteiger partial charge in [-0.3, -0.25) is 4.90 Å². The molecule has 2 atom stereocenters. The van der Waals surface area contributed by atoms with Crippen molar-refractivity contribution in [2.24, 2.45) is 0 Å². The van der Waals surface area contributed by atoms with Gasteiger partial charge in [0.1, 0.15) is 0 Å². The SMILES string of the molecule is CC1CCCCN1CC(O)c1ccccc1.O=C(O)C(=O)O. The fourth-order valence-electron chi connectivity index (χ4n) is 2.43. The summed E-state index contributed by atoms with van der Waals surface area (Å²) in [4.78, 5) is 20.6. The highest BCUT2D eigenvalue weighted by atomic mass is 16.4. The van der Waals surface area contributed by atoms with Gasteiger partial charge < -0.3 is 15.3 Å². The fourth-order valence-corrected chi connectivity index (χ4v) is 2.43. The van der Waals surface area contributed by atoms with Crippen molar-refractivity contribution in [3.63, 3.8) is 0 Å². The van der Waals surface area contributed by atoms with E-state index in [1.54, 1.807) is 0 Å². The Morgan fingerprint density at radius 1 is 1.18 bits per heavy atom. The fraction of sp³-hybridized carbons (Fsp3) is 0.500. The molecule has 0 bridgehead atoms. The number of hydrogen-bond donors (Lipinski definition) is 3. The quantitative estimate of drug-likeness (QED) is 0.736. The number of likely N-dealkylation sites (tertiary alicyclic amines) is 1. The van der Waals surface area contributed by atoms with Crippen molar-refractivity contribution in [1.82, 2.24) is 4.90 Å². The van der Waals surface area contributed by atoms with Crippen LogP contribution in [0.3, 0.4) is 0 Å². The average Bonchev–Trinajstić information content (AvgIpc) is 2.51. The van der Waals surface area contributed by atoms with E-state index in [0.29, 0.717) is 6.04 Å².